The Balaban J connectivity index is 1.91. The van der Waals surface area contributed by atoms with Gasteiger partial charge in [-0.2, -0.15) is 0 Å². The number of carbonyl (C=O) groups is 1. The van der Waals surface area contributed by atoms with Gasteiger partial charge in [0.05, 0.1) is 21.3 Å². The van der Waals surface area contributed by atoms with E-state index in [4.69, 9.17) is 5.73 Å². The largest absolute Gasteiger partial charge is 0.397 e. The van der Waals surface area contributed by atoms with Crippen molar-refractivity contribution in [3.8, 4) is 0 Å². The Labute approximate surface area is 114 Å². The highest BCUT2D eigenvalue weighted by molar-refractivity contribution is 8.01. The molecule has 1 amide bonds. The molecule has 0 saturated heterocycles. The molecule has 0 atom stereocenters. The molecule has 0 aliphatic heterocycles. The molecular formula is C13H14N2OS2. The van der Waals surface area contributed by atoms with Gasteiger partial charge in [0.2, 0.25) is 5.91 Å². The maximum Gasteiger partial charge on any atom is 0.234 e. The molecule has 1 aromatic carbocycles. The first-order chi connectivity index (χ1) is 8.65. The van der Waals surface area contributed by atoms with Gasteiger partial charge in [0.25, 0.3) is 0 Å². The second-order valence-corrected chi connectivity index (χ2v) is 6.08. The number of anilines is 2. The van der Waals surface area contributed by atoms with Crippen molar-refractivity contribution in [3.63, 3.8) is 0 Å². The lowest BCUT2D eigenvalue weighted by Crippen LogP contribution is -2.15. The van der Waals surface area contributed by atoms with Crippen molar-refractivity contribution in [2.75, 3.05) is 16.8 Å². The van der Waals surface area contributed by atoms with Crippen LogP contribution in [0.5, 0.6) is 0 Å². The number of aryl methyl sites for hydroxylation is 1. The first-order valence-electron chi connectivity index (χ1n) is 5.47. The number of nitrogens with two attached hydrogens (primary N) is 1. The Kier molecular flexibility index (Phi) is 4.28. The van der Waals surface area contributed by atoms with Crippen LogP contribution in [0.4, 0.5) is 11.4 Å². The van der Waals surface area contributed by atoms with Gasteiger partial charge in [-0.05, 0) is 36.1 Å². The van der Waals surface area contributed by atoms with E-state index in [1.807, 2.05) is 42.6 Å². The quantitative estimate of drug-likeness (QED) is 0.666. The molecule has 3 N–H and O–H groups in total. The van der Waals surface area contributed by atoms with Crippen LogP contribution in [-0.4, -0.2) is 11.7 Å². The van der Waals surface area contributed by atoms with E-state index in [9.17, 15) is 4.79 Å². The fraction of sp³-hybridized carbons (Fsp3) is 0.154. The molecule has 5 heteroatoms. The molecule has 0 fully saturated rings. The topological polar surface area (TPSA) is 55.1 Å². The van der Waals surface area contributed by atoms with Gasteiger partial charge in [0.1, 0.15) is 0 Å². The predicted octanol–water partition coefficient (Wildman–Crippen LogP) is 3.37. The van der Waals surface area contributed by atoms with Gasteiger partial charge >= 0.3 is 0 Å². The molecule has 18 heavy (non-hydrogen) atoms. The number of carbonyl (C=O) groups excluding carboxylic acids is 1. The number of benzene rings is 1. The Bertz CT molecular complexity index is 538. The summed E-state index contributed by atoms with van der Waals surface area (Å²) in [6.45, 7) is 1.97. The number of amides is 1. The number of thiophene rings is 1. The second-order valence-electron chi connectivity index (χ2n) is 3.86. The van der Waals surface area contributed by atoms with E-state index in [0.29, 0.717) is 17.1 Å². The van der Waals surface area contributed by atoms with Crippen LogP contribution in [0.3, 0.4) is 0 Å². The highest BCUT2D eigenvalue weighted by atomic mass is 32.2. The van der Waals surface area contributed by atoms with Crippen LogP contribution in [0.25, 0.3) is 0 Å². The van der Waals surface area contributed by atoms with Crippen LogP contribution in [0.15, 0.2) is 39.9 Å². The van der Waals surface area contributed by atoms with Crippen molar-refractivity contribution < 1.29 is 4.79 Å². The zero-order chi connectivity index (χ0) is 13.0. The summed E-state index contributed by atoms with van der Waals surface area (Å²) < 4.78 is 1.14. The maximum absolute atomic E-state index is 11.8. The minimum atomic E-state index is -0.0380. The van der Waals surface area contributed by atoms with Crippen LogP contribution < -0.4 is 11.1 Å². The van der Waals surface area contributed by atoms with Crippen molar-refractivity contribution >= 4 is 40.4 Å². The van der Waals surface area contributed by atoms with E-state index in [1.165, 1.54) is 11.8 Å². The van der Waals surface area contributed by atoms with E-state index >= 15 is 0 Å². The van der Waals surface area contributed by atoms with Gasteiger partial charge in [-0.3, -0.25) is 4.79 Å². The first kappa shape index (κ1) is 13.0. The Morgan fingerprint density at radius 1 is 1.44 bits per heavy atom. The maximum atomic E-state index is 11.8. The van der Waals surface area contributed by atoms with E-state index in [1.54, 1.807) is 11.3 Å². The summed E-state index contributed by atoms with van der Waals surface area (Å²) in [6, 6.07) is 9.59. The average Bonchev–Trinajstić information content (AvgIpc) is 2.83. The van der Waals surface area contributed by atoms with Crippen molar-refractivity contribution in [1.82, 2.24) is 0 Å². The molecular weight excluding hydrogens is 264 g/mol. The third-order valence-electron chi connectivity index (χ3n) is 2.32. The van der Waals surface area contributed by atoms with Crippen molar-refractivity contribution in [3.05, 3.63) is 41.3 Å². The summed E-state index contributed by atoms with van der Waals surface area (Å²) in [5.41, 5.74) is 8.20. The number of thioether (sulfide) groups is 1. The standard InChI is InChI=1S/C13H14N2OS2/c1-9-4-5-11(10(14)7-9)15-12(16)8-18-13-3-2-6-17-13/h2-7H,8,14H2,1H3,(H,15,16). The van der Waals surface area contributed by atoms with Gasteiger partial charge in [-0.15, -0.1) is 23.1 Å². The fourth-order valence-electron chi connectivity index (χ4n) is 1.46. The number of rotatable bonds is 4. The molecule has 0 radical (unpaired) electrons. The third-order valence-corrected chi connectivity index (χ3v) is 4.45. The normalized spacial score (nSPS) is 10.3. The summed E-state index contributed by atoms with van der Waals surface area (Å²) in [6.07, 6.45) is 0. The lowest BCUT2D eigenvalue weighted by atomic mass is 10.2. The van der Waals surface area contributed by atoms with Crippen LogP contribution >= 0.6 is 23.1 Å². The number of nitrogens with one attached hydrogen (secondary N) is 1. The number of hydrogen-bond donors (Lipinski definition) is 2. The van der Waals surface area contributed by atoms with Gasteiger partial charge in [0.15, 0.2) is 0 Å². The highest BCUT2D eigenvalue weighted by Gasteiger charge is 2.06. The van der Waals surface area contributed by atoms with Crippen LogP contribution in [-0.2, 0) is 4.79 Å². The fourth-order valence-corrected chi connectivity index (χ4v) is 3.05. The average molecular weight is 278 g/mol. The van der Waals surface area contributed by atoms with Crippen LogP contribution in [0.2, 0.25) is 0 Å². The molecule has 0 spiro atoms. The minimum Gasteiger partial charge on any atom is -0.397 e. The molecule has 1 heterocycles. The lowest BCUT2D eigenvalue weighted by molar-refractivity contribution is -0.113. The SMILES string of the molecule is Cc1ccc(NC(=O)CSc2cccs2)c(N)c1. The van der Waals surface area contributed by atoms with Gasteiger partial charge in [-0.25, -0.2) is 0 Å². The van der Waals surface area contributed by atoms with E-state index in [2.05, 4.69) is 5.32 Å². The van der Waals surface area contributed by atoms with Gasteiger partial charge in [0, 0.05) is 0 Å². The first-order valence-corrected chi connectivity index (χ1v) is 7.34. The second kappa shape index (κ2) is 5.93. The summed E-state index contributed by atoms with van der Waals surface area (Å²) in [5.74, 6) is 0.359. The summed E-state index contributed by atoms with van der Waals surface area (Å²) in [5, 5.41) is 4.82. The summed E-state index contributed by atoms with van der Waals surface area (Å²) >= 11 is 3.16. The Morgan fingerprint density at radius 2 is 2.28 bits per heavy atom. The van der Waals surface area contributed by atoms with Crippen LogP contribution in [0, 0.1) is 6.92 Å². The molecule has 0 aliphatic carbocycles. The van der Waals surface area contributed by atoms with Crippen molar-refractivity contribution in [1.29, 1.82) is 0 Å². The van der Waals surface area contributed by atoms with E-state index < -0.39 is 0 Å². The monoisotopic (exact) mass is 278 g/mol. The molecule has 1 aromatic heterocycles. The molecule has 0 unspecified atom stereocenters. The van der Waals surface area contributed by atoms with Crippen LogP contribution in [0.1, 0.15) is 5.56 Å². The zero-order valence-corrected chi connectivity index (χ0v) is 11.6. The molecule has 0 bridgehead atoms. The molecule has 94 valence electrons. The van der Waals surface area contributed by atoms with E-state index in [-0.39, 0.29) is 5.91 Å². The third kappa shape index (κ3) is 3.51. The Morgan fingerprint density at radius 3 is 2.94 bits per heavy atom. The number of hydrogen-bond acceptors (Lipinski definition) is 4. The molecule has 0 saturated carbocycles. The minimum absolute atomic E-state index is 0.0380. The Hall–Kier alpha value is -1.46. The zero-order valence-electron chi connectivity index (χ0n) is 9.97. The van der Waals surface area contributed by atoms with Gasteiger partial charge in [-0.1, -0.05) is 12.1 Å². The smallest absolute Gasteiger partial charge is 0.234 e. The van der Waals surface area contributed by atoms with Gasteiger partial charge < -0.3 is 11.1 Å². The number of nitrogen functional groups attached to an aromatic ring is 1. The molecule has 0 aliphatic rings. The lowest BCUT2D eigenvalue weighted by Gasteiger charge is -2.08. The predicted molar refractivity (Wildman–Crippen MR) is 79.3 cm³/mol. The molecule has 3 nitrogen and oxygen atoms in total. The van der Waals surface area contributed by atoms with Crippen molar-refractivity contribution in [2.45, 2.75) is 11.1 Å². The van der Waals surface area contributed by atoms with E-state index in [0.717, 1.165) is 9.77 Å². The molecule has 2 aromatic rings. The summed E-state index contributed by atoms with van der Waals surface area (Å²) in [7, 11) is 0. The molecule has 2 rings (SSSR count). The summed E-state index contributed by atoms with van der Waals surface area (Å²) in [4.78, 5) is 11.8. The highest BCUT2D eigenvalue weighted by Crippen LogP contribution is 2.24. The van der Waals surface area contributed by atoms with Crippen molar-refractivity contribution in [2.24, 2.45) is 0 Å².